The van der Waals surface area contributed by atoms with E-state index in [2.05, 4.69) is 10.3 Å². The molecule has 0 aliphatic heterocycles. The standard InChI is InChI=1S/C14H11Cl3N2O/c15-9-3-1-8(2-4-9)14(5-6-14)19-13(20)11-7-10(16)12(17)18-11/h1-4,7,18H,5-6H2,(H,19,20). The molecule has 0 bridgehead atoms. The highest BCUT2D eigenvalue weighted by molar-refractivity contribution is 6.41. The van der Waals surface area contributed by atoms with E-state index in [1.807, 2.05) is 24.3 Å². The first-order valence-corrected chi connectivity index (χ1v) is 7.26. The van der Waals surface area contributed by atoms with Crippen LogP contribution in [-0.2, 0) is 5.54 Å². The van der Waals surface area contributed by atoms with Crippen molar-refractivity contribution >= 4 is 40.7 Å². The zero-order valence-corrected chi connectivity index (χ0v) is 12.6. The number of hydrogen-bond acceptors (Lipinski definition) is 1. The minimum atomic E-state index is -0.300. The number of nitrogens with one attached hydrogen (secondary N) is 2. The van der Waals surface area contributed by atoms with Crippen LogP contribution < -0.4 is 5.32 Å². The summed E-state index contributed by atoms with van der Waals surface area (Å²) in [6, 6.07) is 9.04. The molecule has 20 heavy (non-hydrogen) atoms. The van der Waals surface area contributed by atoms with Crippen LogP contribution in [0.15, 0.2) is 30.3 Å². The lowest BCUT2D eigenvalue weighted by molar-refractivity contribution is 0.0926. The zero-order chi connectivity index (χ0) is 14.3. The fourth-order valence-electron chi connectivity index (χ4n) is 2.19. The maximum Gasteiger partial charge on any atom is 0.268 e. The first-order valence-electron chi connectivity index (χ1n) is 6.13. The monoisotopic (exact) mass is 328 g/mol. The number of carbonyl (C=O) groups is 1. The number of amides is 1. The van der Waals surface area contributed by atoms with Gasteiger partial charge >= 0.3 is 0 Å². The van der Waals surface area contributed by atoms with Crippen molar-refractivity contribution in [1.29, 1.82) is 0 Å². The maximum absolute atomic E-state index is 12.2. The predicted molar refractivity (Wildman–Crippen MR) is 80.6 cm³/mol. The van der Waals surface area contributed by atoms with Crippen LogP contribution in [0.3, 0.4) is 0 Å². The van der Waals surface area contributed by atoms with Gasteiger partial charge in [0.25, 0.3) is 5.91 Å². The van der Waals surface area contributed by atoms with Crippen LogP contribution in [0.2, 0.25) is 15.2 Å². The molecule has 1 aliphatic rings. The lowest BCUT2D eigenvalue weighted by Crippen LogP contribution is -2.35. The second-order valence-corrected chi connectivity index (χ2v) is 6.11. The molecule has 0 unspecified atom stereocenters. The van der Waals surface area contributed by atoms with Gasteiger partial charge in [-0.2, -0.15) is 0 Å². The summed E-state index contributed by atoms with van der Waals surface area (Å²) in [6.45, 7) is 0. The van der Waals surface area contributed by atoms with Crippen molar-refractivity contribution < 1.29 is 4.79 Å². The van der Waals surface area contributed by atoms with Crippen molar-refractivity contribution in [2.45, 2.75) is 18.4 Å². The quantitative estimate of drug-likeness (QED) is 0.861. The van der Waals surface area contributed by atoms with Crippen LogP contribution in [0.4, 0.5) is 0 Å². The molecule has 1 heterocycles. The molecule has 1 aliphatic carbocycles. The first kappa shape index (κ1) is 13.8. The second kappa shape index (κ2) is 4.99. The fraction of sp³-hybridized carbons (Fsp3) is 0.214. The van der Waals surface area contributed by atoms with Crippen LogP contribution in [-0.4, -0.2) is 10.9 Å². The number of halogens is 3. The van der Waals surface area contributed by atoms with Gasteiger partial charge < -0.3 is 10.3 Å². The van der Waals surface area contributed by atoms with E-state index in [9.17, 15) is 4.79 Å². The van der Waals surface area contributed by atoms with Crippen LogP contribution >= 0.6 is 34.8 Å². The third kappa shape index (κ3) is 2.53. The fourth-order valence-corrected chi connectivity index (χ4v) is 2.63. The number of hydrogen-bond donors (Lipinski definition) is 2. The molecule has 6 heteroatoms. The Kier molecular flexibility index (Phi) is 3.44. The van der Waals surface area contributed by atoms with E-state index in [4.69, 9.17) is 34.8 Å². The number of H-pyrrole nitrogens is 1. The minimum absolute atomic E-state index is 0.216. The highest BCUT2D eigenvalue weighted by Crippen LogP contribution is 2.45. The molecule has 104 valence electrons. The Hall–Kier alpha value is -1.16. The SMILES string of the molecule is O=C(NC1(c2ccc(Cl)cc2)CC1)c1cc(Cl)c(Cl)[nH]1. The van der Waals surface area contributed by atoms with Gasteiger partial charge in [0.05, 0.1) is 10.6 Å². The van der Waals surface area contributed by atoms with Gasteiger partial charge in [0, 0.05) is 5.02 Å². The van der Waals surface area contributed by atoms with Crippen molar-refractivity contribution in [3.05, 3.63) is 56.8 Å². The molecule has 0 saturated heterocycles. The zero-order valence-electron chi connectivity index (χ0n) is 10.3. The summed E-state index contributed by atoms with van der Waals surface area (Å²) in [6.07, 6.45) is 1.81. The molecule has 2 N–H and O–H groups in total. The summed E-state index contributed by atoms with van der Waals surface area (Å²) in [4.78, 5) is 15.0. The number of benzene rings is 1. The second-order valence-electron chi connectivity index (χ2n) is 4.89. The van der Waals surface area contributed by atoms with E-state index in [0.29, 0.717) is 15.7 Å². The van der Waals surface area contributed by atoms with Gasteiger partial charge in [-0.05, 0) is 36.6 Å². The van der Waals surface area contributed by atoms with Crippen molar-refractivity contribution in [2.24, 2.45) is 0 Å². The van der Waals surface area contributed by atoms with E-state index in [-0.39, 0.29) is 16.6 Å². The molecule has 1 amide bonds. The van der Waals surface area contributed by atoms with Crippen LogP contribution in [0.1, 0.15) is 28.9 Å². The van der Waals surface area contributed by atoms with Gasteiger partial charge in [-0.25, -0.2) is 0 Å². The van der Waals surface area contributed by atoms with Gasteiger partial charge in [-0.1, -0.05) is 46.9 Å². The van der Waals surface area contributed by atoms with Gasteiger partial charge in [0.2, 0.25) is 0 Å². The largest absolute Gasteiger partial charge is 0.341 e. The molecular weight excluding hydrogens is 319 g/mol. The van der Waals surface area contributed by atoms with E-state index in [1.165, 1.54) is 6.07 Å². The number of aromatic nitrogens is 1. The van der Waals surface area contributed by atoms with Gasteiger partial charge in [0.15, 0.2) is 0 Å². The molecule has 0 atom stereocenters. The molecule has 1 aromatic heterocycles. The topological polar surface area (TPSA) is 44.9 Å². The van der Waals surface area contributed by atoms with E-state index >= 15 is 0 Å². The van der Waals surface area contributed by atoms with Crippen molar-refractivity contribution in [3.63, 3.8) is 0 Å². The average Bonchev–Trinajstić information content (AvgIpc) is 3.11. The summed E-state index contributed by atoms with van der Waals surface area (Å²) in [5.74, 6) is -0.216. The molecule has 3 nitrogen and oxygen atoms in total. The lowest BCUT2D eigenvalue weighted by Gasteiger charge is -2.17. The van der Waals surface area contributed by atoms with Gasteiger partial charge in [0.1, 0.15) is 10.8 Å². The predicted octanol–water partition coefficient (Wildman–Crippen LogP) is 4.39. The van der Waals surface area contributed by atoms with E-state index in [1.54, 1.807) is 0 Å². The van der Waals surface area contributed by atoms with E-state index in [0.717, 1.165) is 18.4 Å². The Balaban J connectivity index is 1.80. The van der Waals surface area contributed by atoms with Crippen molar-refractivity contribution in [3.8, 4) is 0 Å². The molecule has 2 aromatic rings. The summed E-state index contributed by atoms with van der Waals surface area (Å²) in [7, 11) is 0. The summed E-state index contributed by atoms with van der Waals surface area (Å²) < 4.78 is 0. The van der Waals surface area contributed by atoms with Crippen molar-refractivity contribution in [1.82, 2.24) is 10.3 Å². The normalized spacial score (nSPS) is 15.9. The highest BCUT2D eigenvalue weighted by atomic mass is 35.5. The molecule has 1 fully saturated rings. The highest BCUT2D eigenvalue weighted by Gasteiger charge is 2.45. The smallest absolute Gasteiger partial charge is 0.268 e. The van der Waals surface area contributed by atoms with Crippen LogP contribution in [0, 0.1) is 0 Å². The third-order valence-corrected chi connectivity index (χ3v) is 4.41. The van der Waals surface area contributed by atoms with Gasteiger partial charge in [-0.15, -0.1) is 0 Å². The number of carbonyl (C=O) groups excluding carboxylic acids is 1. The van der Waals surface area contributed by atoms with E-state index < -0.39 is 0 Å². The Morgan fingerprint density at radius 2 is 1.80 bits per heavy atom. The van der Waals surface area contributed by atoms with Crippen LogP contribution in [0.25, 0.3) is 0 Å². The molecule has 0 radical (unpaired) electrons. The minimum Gasteiger partial charge on any atom is -0.341 e. The maximum atomic E-state index is 12.2. The first-order chi connectivity index (χ1) is 9.50. The Morgan fingerprint density at radius 1 is 1.15 bits per heavy atom. The average molecular weight is 330 g/mol. The molecular formula is C14H11Cl3N2O. The number of rotatable bonds is 3. The third-order valence-electron chi connectivity index (χ3n) is 3.47. The Morgan fingerprint density at radius 3 is 2.30 bits per heavy atom. The molecule has 1 saturated carbocycles. The number of aromatic amines is 1. The van der Waals surface area contributed by atoms with Crippen LogP contribution in [0.5, 0.6) is 0 Å². The molecule has 0 spiro atoms. The Labute approximate surface area is 131 Å². The lowest BCUT2D eigenvalue weighted by atomic mass is 10.0. The van der Waals surface area contributed by atoms with Crippen molar-refractivity contribution in [2.75, 3.05) is 0 Å². The summed E-state index contributed by atoms with van der Waals surface area (Å²) >= 11 is 17.5. The molecule has 3 rings (SSSR count). The molecule has 1 aromatic carbocycles. The summed E-state index contributed by atoms with van der Waals surface area (Å²) in [5.41, 5.74) is 1.12. The summed E-state index contributed by atoms with van der Waals surface area (Å²) in [5, 5.41) is 4.32. The Bertz CT molecular complexity index is 640. The van der Waals surface area contributed by atoms with Gasteiger partial charge in [-0.3, -0.25) is 4.79 Å².